The molecule has 0 amide bonds. The summed E-state index contributed by atoms with van der Waals surface area (Å²) in [5, 5.41) is 1.23. The summed E-state index contributed by atoms with van der Waals surface area (Å²) in [6.07, 6.45) is 0.543. The smallest absolute Gasteiger partial charge is 0.135 e. The van der Waals surface area contributed by atoms with Gasteiger partial charge in [0.05, 0.1) is 0 Å². The van der Waals surface area contributed by atoms with Gasteiger partial charge in [-0.2, -0.15) is 0 Å². The van der Waals surface area contributed by atoms with Gasteiger partial charge in [0.1, 0.15) is 11.6 Å². The summed E-state index contributed by atoms with van der Waals surface area (Å²) >= 11 is 12.0. The predicted octanol–water partition coefficient (Wildman–Crippen LogP) is 3.57. The van der Waals surface area contributed by atoms with Crippen LogP contribution in [-0.4, -0.2) is 9.97 Å². The lowest BCUT2D eigenvalue weighted by molar-refractivity contribution is 0.934. The number of aromatic nitrogens is 2. The summed E-state index contributed by atoms with van der Waals surface area (Å²) in [5.41, 5.74) is 8.57. The molecule has 18 heavy (non-hydrogen) atoms. The van der Waals surface area contributed by atoms with Crippen LogP contribution in [0.2, 0.25) is 10.0 Å². The first kappa shape index (κ1) is 13.1. The first-order chi connectivity index (χ1) is 8.47. The summed E-state index contributed by atoms with van der Waals surface area (Å²) < 4.78 is 0. The molecule has 0 aliphatic carbocycles. The molecule has 1 heterocycles. The van der Waals surface area contributed by atoms with E-state index >= 15 is 0 Å². The number of rotatable bonds is 2. The molecule has 0 bridgehead atoms. The number of aryl methyl sites for hydroxylation is 1. The molecule has 0 atom stereocenters. The fourth-order valence-corrected chi connectivity index (χ4v) is 2.10. The van der Waals surface area contributed by atoms with E-state index in [0.29, 0.717) is 28.1 Å². The average Bonchev–Trinajstić information content (AvgIpc) is 2.29. The topological polar surface area (TPSA) is 51.8 Å². The molecule has 0 fully saturated rings. The Bertz CT molecular complexity index is 574. The van der Waals surface area contributed by atoms with E-state index in [-0.39, 0.29) is 0 Å². The van der Waals surface area contributed by atoms with Gasteiger partial charge in [0.25, 0.3) is 0 Å². The first-order valence-corrected chi connectivity index (χ1v) is 6.26. The van der Waals surface area contributed by atoms with Gasteiger partial charge in [0, 0.05) is 27.7 Å². The molecule has 0 spiro atoms. The molecule has 0 radical (unpaired) electrons. The van der Waals surface area contributed by atoms with E-state index < -0.39 is 0 Å². The van der Waals surface area contributed by atoms with Gasteiger partial charge < -0.3 is 5.73 Å². The zero-order valence-electron chi connectivity index (χ0n) is 10.2. The zero-order chi connectivity index (χ0) is 13.3. The Morgan fingerprint density at radius 1 is 1.17 bits per heavy atom. The van der Waals surface area contributed by atoms with Gasteiger partial charge in [0.2, 0.25) is 0 Å². The van der Waals surface area contributed by atoms with Gasteiger partial charge >= 0.3 is 0 Å². The maximum absolute atomic E-state index is 6.12. The first-order valence-electron chi connectivity index (χ1n) is 5.51. The van der Waals surface area contributed by atoms with E-state index in [2.05, 4.69) is 9.97 Å². The van der Waals surface area contributed by atoms with E-state index in [9.17, 15) is 0 Å². The molecule has 0 saturated carbocycles. The zero-order valence-corrected chi connectivity index (χ0v) is 11.7. The minimum absolute atomic E-state index is 0.516. The summed E-state index contributed by atoms with van der Waals surface area (Å²) in [5.74, 6) is 1.18. The van der Waals surface area contributed by atoms with Gasteiger partial charge in [-0.15, -0.1) is 0 Å². The monoisotopic (exact) mass is 281 g/mol. The van der Waals surface area contributed by atoms with Gasteiger partial charge in [-0.05, 0) is 31.5 Å². The third kappa shape index (κ3) is 2.74. The summed E-state index contributed by atoms with van der Waals surface area (Å²) in [6, 6.07) is 5.38. The normalized spacial score (nSPS) is 10.7. The molecule has 2 aromatic rings. The Kier molecular flexibility index (Phi) is 3.73. The van der Waals surface area contributed by atoms with Gasteiger partial charge in [-0.1, -0.05) is 29.3 Å². The van der Waals surface area contributed by atoms with Crippen LogP contribution in [-0.2, 0) is 6.42 Å². The van der Waals surface area contributed by atoms with Crippen LogP contribution in [0.1, 0.15) is 22.6 Å². The van der Waals surface area contributed by atoms with Crippen LogP contribution in [0, 0.1) is 13.8 Å². The van der Waals surface area contributed by atoms with Crippen LogP contribution in [0.5, 0.6) is 0 Å². The average molecular weight is 282 g/mol. The van der Waals surface area contributed by atoms with Crippen molar-refractivity contribution in [3.63, 3.8) is 0 Å². The fraction of sp³-hybridized carbons (Fsp3) is 0.231. The standard InChI is InChI=1S/C13H13Cl2N3/c1-7-8(2)17-12(18-13(7)16)5-9-3-4-10(14)6-11(9)15/h3-4,6H,5H2,1-2H3,(H2,16,17,18). The fourth-order valence-electron chi connectivity index (χ4n) is 1.63. The number of nitrogens with two attached hydrogens (primary N) is 1. The lowest BCUT2D eigenvalue weighted by Crippen LogP contribution is -2.05. The molecule has 3 nitrogen and oxygen atoms in total. The van der Waals surface area contributed by atoms with Crippen LogP contribution in [0.4, 0.5) is 5.82 Å². The largest absolute Gasteiger partial charge is 0.383 e. The van der Waals surface area contributed by atoms with Gasteiger partial charge in [-0.3, -0.25) is 0 Å². The van der Waals surface area contributed by atoms with Crippen molar-refractivity contribution in [3.05, 3.63) is 50.9 Å². The van der Waals surface area contributed by atoms with E-state index in [1.54, 1.807) is 12.1 Å². The van der Waals surface area contributed by atoms with Crippen LogP contribution in [0.3, 0.4) is 0 Å². The second-order valence-electron chi connectivity index (χ2n) is 4.15. The number of nitrogens with zero attached hydrogens (tertiary/aromatic N) is 2. The molecule has 0 unspecified atom stereocenters. The van der Waals surface area contributed by atoms with E-state index in [0.717, 1.165) is 16.8 Å². The predicted molar refractivity (Wildman–Crippen MR) is 75.2 cm³/mol. The minimum Gasteiger partial charge on any atom is -0.383 e. The molecular weight excluding hydrogens is 269 g/mol. The third-order valence-electron chi connectivity index (χ3n) is 2.84. The van der Waals surface area contributed by atoms with Crippen molar-refractivity contribution < 1.29 is 0 Å². The maximum Gasteiger partial charge on any atom is 0.135 e. The summed E-state index contributed by atoms with van der Waals surface area (Å²) in [4.78, 5) is 8.68. The van der Waals surface area contributed by atoms with Crippen molar-refractivity contribution in [2.24, 2.45) is 0 Å². The molecule has 94 valence electrons. The number of benzene rings is 1. The van der Waals surface area contributed by atoms with Gasteiger partial charge in [-0.25, -0.2) is 9.97 Å². The van der Waals surface area contributed by atoms with Crippen molar-refractivity contribution in [2.45, 2.75) is 20.3 Å². The highest BCUT2D eigenvalue weighted by atomic mass is 35.5. The molecule has 2 N–H and O–H groups in total. The van der Waals surface area contributed by atoms with Crippen LogP contribution in [0.15, 0.2) is 18.2 Å². The highest BCUT2D eigenvalue weighted by Gasteiger charge is 2.08. The Morgan fingerprint density at radius 2 is 1.89 bits per heavy atom. The molecule has 2 rings (SSSR count). The second-order valence-corrected chi connectivity index (χ2v) is 4.99. The number of nitrogen functional groups attached to an aromatic ring is 1. The molecule has 0 aliphatic rings. The van der Waals surface area contributed by atoms with Crippen molar-refractivity contribution in [3.8, 4) is 0 Å². The molecule has 5 heteroatoms. The van der Waals surface area contributed by atoms with Crippen molar-refractivity contribution in [1.82, 2.24) is 9.97 Å². The summed E-state index contributed by atoms with van der Waals surface area (Å²) in [6.45, 7) is 3.82. The number of anilines is 1. The summed E-state index contributed by atoms with van der Waals surface area (Å²) in [7, 11) is 0. The Balaban J connectivity index is 2.34. The van der Waals surface area contributed by atoms with E-state index in [1.165, 1.54) is 0 Å². The van der Waals surface area contributed by atoms with Gasteiger partial charge in [0.15, 0.2) is 0 Å². The second kappa shape index (κ2) is 5.12. The van der Waals surface area contributed by atoms with E-state index in [4.69, 9.17) is 28.9 Å². The maximum atomic E-state index is 6.12. The van der Waals surface area contributed by atoms with Crippen LogP contribution in [0.25, 0.3) is 0 Å². The number of hydrogen-bond acceptors (Lipinski definition) is 3. The Morgan fingerprint density at radius 3 is 2.50 bits per heavy atom. The number of halogens is 2. The molecule has 0 saturated heterocycles. The molecule has 0 aliphatic heterocycles. The Hall–Kier alpha value is -1.32. The van der Waals surface area contributed by atoms with Crippen LogP contribution < -0.4 is 5.73 Å². The Labute approximate surface area is 116 Å². The molecular formula is C13H13Cl2N3. The van der Waals surface area contributed by atoms with Crippen molar-refractivity contribution >= 4 is 29.0 Å². The quantitative estimate of drug-likeness (QED) is 0.916. The highest BCUT2D eigenvalue weighted by molar-refractivity contribution is 6.35. The van der Waals surface area contributed by atoms with Crippen molar-refractivity contribution in [1.29, 1.82) is 0 Å². The lowest BCUT2D eigenvalue weighted by atomic mass is 10.1. The molecule has 1 aromatic carbocycles. The highest BCUT2D eigenvalue weighted by Crippen LogP contribution is 2.23. The molecule has 1 aromatic heterocycles. The van der Waals surface area contributed by atoms with E-state index in [1.807, 2.05) is 19.9 Å². The SMILES string of the molecule is Cc1nc(Cc2ccc(Cl)cc2Cl)nc(N)c1C. The van der Waals surface area contributed by atoms with Crippen molar-refractivity contribution in [2.75, 3.05) is 5.73 Å². The lowest BCUT2D eigenvalue weighted by Gasteiger charge is -2.08. The number of hydrogen-bond donors (Lipinski definition) is 1. The third-order valence-corrected chi connectivity index (χ3v) is 3.42. The minimum atomic E-state index is 0.516. The van der Waals surface area contributed by atoms with Crippen LogP contribution >= 0.6 is 23.2 Å².